The summed E-state index contributed by atoms with van der Waals surface area (Å²) in [6, 6.07) is 15.2. The van der Waals surface area contributed by atoms with Crippen molar-refractivity contribution in [3.05, 3.63) is 65.5 Å². The Morgan fingerprint density at radius 3 is 2.86 bits per heavy atom. The average molecular weight is 332 g/mol. The van der Waals surface area contributed by atoms with Gasteiger partial charge in [-0.2, -0.15) is 0 Å². The highest BCUT2D eigenvalue weighted by molar-refractivity contribution is 7.99. The zero-order valence-electron chi connectivity index (χ0n) is 12.0. The maximum atomic E-state index is 13.5. The minimum absolute atomic E-state index is 0.0720. The number of nitrogens with one attached hydrogen (secondary N) is 2. The van der Waals surface area contributed by atoms with Gasteiger partial charge in [0.1, 0.15) is 5.82 Å². The Kier molecular flexibility index (Phi) is 4.95. The molecule has 0 bridgehead atoms. The molecule has 0 aliphatic carbocycles. The van der Waals surface area contributed by atoms with Gasteiger partial charge in [0.15, 0.2) is 5.11 Å². The predicted octanol–water partition coefficient (Wildman–Crippen LogP) is 4.03. The number of hydrogen-bond donors (Lipinski definition) is 2. The summed E-state index contributed by atoms with van der Waals surface area (Å²) in [5, 5.41) is 7.13. The molecule has 1 aliphatic rings. The first-order chi connectivity index (χ1) is 10.7. The van der Waals surface area contributed by atoms with Crippen LogP contribution in [0.4, 0.5) is 4.39 Å². The fourth-order valence-electron chi connectivity index (χ4n) is 2.50. The second-order valence-corrected chi connectivity index (χ2v) is 6.73. The molecule has 5 heteroatoms. The molecule has 0 saturated heterocycles. The number of benzene rings is 2. The molecule has 0 fully saturated rings. The lowest BCUT2D eigenvalue weighted by atomic mass is 10.0. The molecule has 1 aliphatic heterocycles. The third-order valence-corrected chi connectivity index (χ3v) is 5.00. The summed E-state index contributed by atoms with van der Waals surface area (Å²) in [5.74, 6) is 0.814. The number of hydrogen-bond acceptors (Lipinski definition) is 2. The molecule has 0 unspecified atom stereocenters. The molecule has 0 spiro atoms. The lowest BCUT2D eigenvalue weighted by Gasteiger charge is -2.27. The fourth-order valence-corrected chi connectivity index (χ4v) is 3.82. The van der Waals surface area contributed by atoms with Crippen LogP contribution in [0.3, 0.4) is 0 Å². The fraction of sp³-hybridized carbons (Fsp3) is 0.235. The number of rotatable bonds is 3. The molecule has 1 heterocycles. The van der Waals surface area contributed by atoms with E-state index >= 15 is 0 Å². The smallest absolute Gasteiger partial charge is 0.167 e. The Hall–Kier alpha value is -1.59. The highest BCUT2D eigenvalue weighted by atomic mass is 32.2. The van der Waals surface area contributed by atoms with Gasteiger partial charge in [0, 0.05) is 17.2 Å². The van der Waals surface area contributed by atoms with E-state index in [4.69, 9.17) is 12.2 Å². The monoisotopic (exact) mass is 332 g/mol. The van der Waals surface area contributed by atoms with Crippen LogP contribution in [0.25, 0.3) is 0 Å². The van der Waals surface area contributed by atoms with Crippen molar-refractivity contribution in [2.24, 2.45) is 0 Å². The van der Waals surface area contributed by atoms with Gasteiger partial charge in [0.05, 0.1) is 6.04 Å². The molecule has 1 atom stereocenters. The molecular formula is C17H17FN2S2. The van der Waals surface area contributed by atoms with Crippen LogP contribution in [-0.4, -0.2) is 10.9 Å². The zero-order chi connectivity index (χ0) is 15.4. The number of thioether (sulfide) groups is 1. The number of halogens is 1. The minimum Gasteiger partial charge on any atom is -0.359 e. The molecule has 3 rings (SSSR count). The molecule has 22 heavy (non-hydrogen) atoms. The van der Waals surface area contributed by atoms with E-state index in [0.717, 1.165) is 22.6 Å². The lowest BCUT2D eigenvalue weighted by molar-refractivity contribution is 0.581. The summed E-state index contributed by atoms with van der Waals surface area (Å²) in [4.78, 5) is 1.14. The Labute approximate surface area is 139 Å². The van der Waals surface area contributed by atoms with Crippen molar-refractivity contribution in [2.75, 3.05) is 5.75 Å². The van der Waals surface area contributed by atoms with Crippen LogP contribution in [0.15, 0.2) is 53.4 Å². The Morgan fingerprint density at radius 2 is 2.05 bits per heavy atom. The minimum atomic E-state index is -0.198. The summed E-state index contributed by atoms with van der Waals surface area (Å²) >= 11 is 7.14. The van der Waals surface area contributed by atoms with Gasteiger partial charge >= 0.3 is 0 Å². The van der Waals surface area contributed by atoms with Gasteiger partial charge in [0.25, 0.3) is 0 Å². The first kappa shape index (κ1) is 15.3. The maximum absolute atomic E-state index is 13.5. The lowest BCUT2D eigenvalue weighted by Crippen LogP contribution is -2.38. The van der Waals surface area contributed by atoms with Gasteiger partial charge in [-0.15, -0.1) is 11.8 Å². The van der Waals surface area contributed by atoms with Crippen molar-refractivity contribution in [2.45, 2.75) is 23.9 Å². The average Bonchev–Trinajstić information content (AvgIpc) is 2.54. The van der Waals surface area contributed by atoms with Crippen LogP contribution in [0, 0.1) is 5.82 Å². The van der Waals surface area contributed by atoms with Gasteiger partial charge in [-0.05, 0) is 48.0 Å². The summed E-state index contributed by atoms with van der Waals surface area (Å²) in [6.07, 6.45) is 0.939. The van der Waals surface area contributed by atoms with Gasteiger partial charge < -0.3 is 10.6 Å². The molecular weight excluding hydrogens is 315 g/mol. The molecule has 2 N–H and O–H groups in total. The van der Waals surface area contributed by atoms with E-state index in [1.807, 2.05) is 24.3 Å². The summed E-state index contributed by atoms with van der Waals surface area (Å²) in [6.45, 7) is 0.685. The normalized spacial score (nSPS) is 16.7. The summed E-state index contributed by atoms with van der Waals surface area (Å²) in [7, 11) is 0. The quantitative estimate of drug-likeness (QED) is 0.829. The molecule has 114 valence electrons. The highest BCUT2D eigenvalue weighted by Gasteiger charge is 2.21. The third-order valence-electron chi connectivity index (χ3n) is 3.61. The van der Waals surface area contributed by atoms with Crippen molar-refractivity contribution in [1.29, 1.82) is 0 Å². The summed E-state index contributed by atoms with van der Waals surface area (Å²) in [5.41, 5.74) is 2.18. The van der Waals surface area contributed by atoms with Gasteiger partial charge in [-0.25, -0.2) is 4.39 Å². The zero-order valence-corrected chi connectivity index (χ0v) is 13.6. The van der Waals surface area contributed by atoms with Crippen molar-refractivity contribution < 1.29 is 4.39 Å². The molecule has 0 aromatic heterocycles. The van der Waals surface area contributed by atoms with E-state index < -0.39 is 0 Å². The van der Waals surface area contributed by atoms with E-state index in [1.165, 1.54) is 11.6 Å². The van der Waals surface area contributed by atoms with Crippen molar-refractivity contribution in [3.8, 4) is 0 Å². The first-order valence-corrected chi connectivity index (χ1v) is 8.62. The van der Waals surface area contributed by atoms with E-state index in [9.17, 15) is 4.39 Å². The summed E-state index contributed by atoms with van der Waals surface area (Å²) < 4.78 is 13.5. The van der Waals surface area contributed by atoms with Crippen molar-refractivity contribution in [1.82, 2.24) is 10.6 Å². The van der Waals surface area contributed by atoms with E-state index in [2.05, 4.69) is 22.8 Å². The molecule has 2 aromatic rings. The predicted molar refractivity (Wildman–Crippen MR) is 93.5 cm³/mol. The van der Waals surface area contributed by atoms with Crippen LogP contribution in [0.5, 0.6) is 0 Å². The number of fused-ring (bicyclic) bond motifs is 1. The first-order valence-electron chi connectivity index (χ1n) is 7.23. The van der Waals surface area contributed by atoms with E-state index in [1.54, 1.807) is 17.8 Å². The van der Waals surface area contributed by atoms with Crippen LogP contribution in [0.2, 0.25) is 0 Å². The topological polar surface area (TPSA) is 24.1 Å². The van der Waals surface area contributed by atoms with E-state index in [0.29, 0.717) is 11.7 Å². The largest absolute Gasteiger partial charge is 0.359 e. The Balaban J connectivity index is 1.62. The Morgan fingerprint density at radius 1 is 1.23 bits per heavy atom. The SMILES string of the molecule is Fc1ccc2c(c1)[C@@H](NC(=S)NCc1ccccc1)CCS2. The maximum Gasteiger partial charge on any atom is 0.167 e. The van der Waals surface area contributed by atoms with Gasteiger partial charge in [0.2, 0.25) is 0 Å². The number of thiocarbonyl (C=S) groups is 1. The Bertz CT molecular complexity index is 661. The van der Waals surface area contributed by atoms with Crippen molar-refractivity contribution >= 4 is 29.1 Å². The molecule has 2 aromatic carbocycles. The second kappa shape index (κ2) is 7.11. The second-order valence-electron chi connectivity index (χ2n) is 5.18. The molecule has 0 amide bonds. The van der Waals surface area contributed by atoms with Gasteiger partial charge in [-0.1, -0.05) is 30.3 Å². The standard InChI is InChI=1S/C17H17FN2S2/c18-13-6-7-16-14(10-13)15(8-9-22-16)20-17(21)19-11-12-4-2-1-3-5-12/h1-7,10,15H,8-9,11H2,(H2,19,20,21)/t15-/m0/s1. The molecule has 2 nitrogen and oxygen atoms in total. The van der Waals surface area contributed by atoms with Crippen LogP contribution in [0.1, 0.15) is 23.6 Å². The van der Waals surface area contributed by atoms with E-state index in [-0.39, 0.29) is 11.9 Å². The van der Waals surface area contributed by atoms with Crippen LogP contribution >= 0.6 is 24.0 Å². The van der Waals surface area contributed by atoms with Gasteiger partial charge in [-0.3, -0.25) is 0 Å². The molecule has 0 radical (unpaired) electrons. The highest BCUT2D eigenvalue weighted by Crippen LogP contribution is 2.36. The third kappa shape index (κ3) is 3.78. The molecule has 0 saturated carbocycles. The van der Waals surface area contributed by atoms with Crippen LogP contribution < -0.4 is 10.6 Å². The van der Waals surface area contributed by atoms with Crippen LogP contribution in [-0.2, 0) is 6.54 Å². The van der Waals surface area contributed by atoms with Crippen molar-refractivity contribution in [3.63, 3.8) is 0 Å².